The van der Waals surface area contributed by atoms with Gasteiger partial charge in [-0.05, 0) is 42.5 Å². The number of methoxy groups -OCH3 is 1. The predicted molar refractivity (Wildman–Crippen MR) is 112 cm³/mol. The normalized spacial score (nSPS) is 21.8. The first-order valence-electron chi connectivity index (χ1n) is 9.45. The lowest BCUT2D eigenvalue weighted by atomic mass is 9.87. The van der Waals surface area contributed by atoms with Crippen LogP contribution in [0.15, 0.2) is 45.3 Å². The second-order valence-electron chi connectivity index (χ2n) is 7.10. The van der Waals surface area contributed by atoms with E-state index in [1.165, 1.54) is 11.3 Å². The number of pyridine rings is 1. The van der Waals surface area contributed by atoms with Crippen LogP contribution in [0.4, 0.5) is 0 Å². The van der Waals surface area contributed by atoms with Crippen molar-refractivity contribution in [2.24, 2.45) is 11.0 Å². The van der Waals surface area contributed by atoms with Crippen molar-refractivity contribution in [3.8, 4) is 0 Å². The zero-order valence-electron chi connectivity index (χ0n) is 16.2. The Kier molecular flexibility index (Phi) is 4.93. The lowest BCUT2D eigenvalue weighted by Crippen LogP contribution is -2.37. The molecule has 2 aromatic heterocycles. The molecule has 1 N–H and O–H groups in total. The summed E-state index contributed by atoms with van der Waals surface area (Å²) in [5, 5.41) is 9.23. The van der Waals surface area contributed by atoms with Gasteiger partial charge in [-0.3, -0.25) is 9.59 Å². The maximum absolute atomic E-state index is 12.8. The maximum atomic E-state index is 12.8. The molecule has 28 heavy (non-hydrogen) atoms. The highest BCUT2D eigenvalue weighted by molar-refractivity contribution is 7.16. The number of nitrogens with one attached hydrogen (secondary N) is 1. The van der Waals surface area contributed by atoms with Crippen molar-refractivity contribution in [2.45, 2.75) is 39.2 Å². The number of nitrogens with zero attached hydrogens (tertiary/aromatic N) is 2. The Balaban J connectivity index is 1.72. The molecule has 0 bridgehead atoms. The van der Waals surface area contributed by atoms with Crippen LogP contribution in [0.2, 0.25) is 0 Å². The van der Waals surface area contributed by atoms with Gasteiger partial charge in [-0.25, -0.2) is 5.01 Å². The quantitative estimate of drug-likeness (QED) is 0.854. The van der Waals surface area contributed by atoms with E-state index in [-0.39, 0.29) is 23.4 Å². The van der Waals surface area contributed by atoms with Crippen LogP contribution in [0, 0.1) is 12.8 Å². The summed E-state index contributed by atoms with van der Waals surface area (Å²) in [7, 11) is 1.65. The molecule has 4 rings (SSSR count). The number of carbonyl (C=O) groups excluding carboxylic acids is 1. The summed E-state index contributed by atoms with van der Waals surface area (Å²) >= 11 is 1.51. The highest BCUT2D eigenvalue weighted by Crippen LogP contribution is 2.32. The Bertz CT molecular complexity index is 1080. The molecule has 7 heteroatoms. The van der Waals surface area contributed by atoms with Gasteiger partial charge in [0.15, 0.2) is 0 Å². The number of H-pyrrole nitrogens is 1. The van der Waals surface area contributed by atoms with E-state index in [0.29, 0.717) is 24.1 Å². The smallest absolute Gasteiger partial charge is 0.258 e. The van der Waals surface area contributed by atoms with Crippen LogP contribution in [-0.2, 0) is 9.53 Å². The van der Waals surface area contributed by atoms with Gasteiger partial charge in [0.05, 0.1) is 24.4 Å². The molecule has 1 amide bonds. The number of hydrogen-bond donors (Lipinski definition) is 1. The molecule has 2 aromatic rings. The lowest BCUT2D eigenvalue weighted by molar-refractivity contribution is -0.133. The van der Waals surface area contributed by atoms with Crippen molar-refractivity contribution >= 4 is 33.2 Å². The molecule has 0 spiro atoms. The zero-order valence-corrected chi connectivity index (χ0v) is 17.0. The van der Waals surface area contributed by atoms with Gasteiger partial charge in [-0.15, -0.1) is 11.3 Å². The lowest BCUT2D eigenvalue weighted by Gasteiger charge is -2.28. The zero-order chi connectivity index (χ0) is 19.8. The fourth-order valence-corrected chi connectivity index (χ4v) is 4.83. The number of rotatable bonds is 4. The number of aromatic amines is 1. The Labute approximate surface area is 167 Å². The number of carbonyl (C=O) groups is 1. The number of ether oxygens (including phenoxy) is 1. The van der Waals surface area contributed by atoms with Crippen LogP contribution in [0.3, 0.4) is 0 Å². The summed E-state index contributed by atoms with van der Waals surface area (Å²) in [4.78, 5) is 29.2. The topological polar surface area (TPSA) is 74.8 Å². The standard InChI is InChI=1S/C21H23N3O3S/c1-4-18(25)24-17(13-5-7-14(27-3)8-6-13)11-16(23-24)19-12(2)15-9-10-28-21(15)22-20(19)26/h5,7-10,13,17H,4,6,11H2,1-3H3,(H,22,26)/t13?,17-/m1/s1. The molecule has 0 saturated carbocycles. The highest BCUT2D eigenvalue weighted by atomic mass is 32.1. The van der Waals surface area contributed by atoms with E-state index in [2.05, 4.69) is 16.2 Å². The molecule has 1 unspecified atom stereocenters. The number of allylic oxidation sites excluding steroid dienone is 2. The van der Waals surface area contributed by atoms with E-state index in [0.717, 1.165) is 28.0 Å². The summed E-state index contributed by atoms with van der Waals surface area (Å²) in [6.07, 6.45) is 7.78. The summed E-state index contributed by atoms with van der Waals surface area (Å²) in [5.74, 6) is 0.944. The minimum absolute atomic E-state index is 0.0272. The molecule has 2 aliphatic rings. The van der Waals surface area contributed by atoms with E-state index in [9.17, 15) is 9.59 Å². The second kappa shape index (κ2) is 7.39. The molecule has 2 atom stereocenters. The Morgan fingerprint density at radius 3 is 2.96 bits per heavy atom. The average molecular weight is 398 g/mol. The van der Waals surface area contributed by atoms with Gasteiger partial charge in [0.2, 0.25) is 5.91 Å². The Morgan fingerprint density at radius 2 is 2.29 bits per heavy atom. The third-order valence-electron chi connectivity index (χ3n) is 5.52. The molecule has 1 aliphatic heterocycles. The molecule has 3 heterocycles. The van der Waals surface area contributed by atoms with Crippen LogP contribution >= 0.6 is 11.3 Å². The summed E-state index contributed by atoms with van der Waals surface area (Å²) in [6, 6.07) is 1.92. The first-order valence-corrected chi connectivity index (χ1v) is 10.3. The van der Waals surface area contributed by atoms with E-state index < -0.39 is 0 Å². The maximum Gasteiger partial charge on any atom is 0.258 e. The second-order valence-corrected chi connectivity index (χ2v) is 8.01. The van der Waals surface area contributed by atoms with Gasteiger partial charge in [0, 0.05) is 24.1 Å². The molecular weight excluding hydrogens is 374 g/mol. The highest BCUT2D eigenvalue weighted by Gasteiger charge is 2.37. The third-order valence-corrected chi connectivity index (χ3v) is 6.35. The monoisotopic (exact) mass is 397 g/mol. The van der Waals surface area contributed by atoms with Gasteiger partial charge in [0.1, 0.15) is 10.6 Å². The van der Waals surface area contributed by atoms with E-state index in [1.54, 1.807) is 12.1 Å². The number of thiophene rings is 1. The van der Waals surface area contributed by atoms with E-state index in [4.69, 9.17) is 4.74 Å². The first kappa shape index (κ1) is 18.7. The van der Waals surface area contributed by atoms with Crippen LogP contribution in [0.5, 0.6) is 0 Å². The van der Waals surface area contributed by atoms with Crippen molar-refractivity contribution in [1.29, 1.82) is 0 Å². The van der Waals surface area contributed by atoms with Gasteiger partial charge in [0.25, 0.3) is 5.56 Å². The fourth-order valence-electron chi connectivity index (χ4n) is 3.99. The molecule has 146 valence electrons. The van der Waals surface area contributed by atoms with E-state index >= 15 is 0 Å². The molecule has 0 radical (unpaired) electrons. The van der Waals surface area contributed by atoms with Crippen LogP contribution < -0.4 is 5.56 Å². The molecule has 0 fully saturated rings. The van der Waals surface area contributed by atoms with Gasteiger partial charge >= 0.3 is 0 Å². The summed E-state index contributed by atoms with van der Waals surface area (Å²) in [6.45, 7) is 3.79. The number of hydrazone groups is 1. The van der Waals surface area contributed by atoms with Crippen molar-refractivity contribution < 1.29 is 9.53 Å². The Morgan fingerprint density at radius 1 is 1.46 bits per heavy atom. The minimum atomic E-state index is -0.142. The number of fused-ring (bicyclic) bond motifs is 1. The van der Waals surface area contributed by atoms with Gasteiger partial charge in [-0.2, -0.15) is 5.10 Å². The molecule has 0 saturated heterocycles. The van der Waals surface area contributed by atoms with Crippen molar-refractivity contribution in [2.75, 3.05) is 7.11 Å². The minimum Gasteiger partial charge on any atom is -0.497 e. The van der Waals surface area contributed by atoms with Crippen LogP contribution in [-0.4, -0.2) is 34.8 Å². The molecule has 0 aromatic carbocycles. The van der Waals surface area contributed by atoms with Crippen molar-refractivity contribution in [3.05, 3.63) is 56.9 Å². The molecule has 6 nitrogen and oxygen atoms in total. The van der Waals surface area contributed by atoms with Crippen molar-refractivity contribution in [1.82, 2.24) is 9.99 Å². The van der Waals surface area contributed by atoms with Crippen molar-refractivity contribution in [3.63, 3.8) is 0 Å². The Hall–Kier alpha value is -2.67. The fraction of sp³-hybridized carbons (Fsp3) is 0.381. The van der Waals surface area contributed by atoms with Crippen LogP contribution in [0.1, 0.15) is 37.3 Å². The number of aromatic nitrogens is 1. The summed E-state index contributed by atoms with van der Waals surface area (Å²) in [5.41, 5.74) is 2.06. The van der Waals surface area contributed by atoms with Gasteiger partial charge < -0.3 is 9.72 Å². The average Bonchev–Trinajstić information content (AvgIpc) is 3.35. The number of aryl methyl sites for hydroxylation is 1. The van der Waals surface area contributed by atoms with Gasteiger partial charge in [-0.1, -0.05) is 13.0 Å². The molecular formula is C21H23N3O3S. The number of hydrogen-bond acceptors (Lipinski definition) is 5. The molecule has 1 aliphatic carbocycles. The van der Waals surface area contributed by atoms with Crippen LogP contribution in [0.25, 0.3) is 10.2 Å². The SMILES string of the molecule is CCC(=O)N1N=C(c2c(C)c3ccsc3[nH]c2=O)C[C@@H]1C1C=CC(OC)=CC1. The number of amides is 1. The largest absolute Gasteiger partial charge is 0.497 e. The summed E-state index contributed by atoms with van der Waals surface area (Å²) < 4.78 is 5.27. The third kappa shape index (κ3) is 3.09. The van der Waals surface area contributed by atoms with E-state index in [1.807, 2.05) is 37.4 Å². The predicted octanol–water partition coefficient (Wildman–Crippen LogP) is 3.72. The first-order chi connectivity index (χ1) is 13.5.